The van der Waals surface area contributed by atoms with Gasteiger partial charge in [-0.05, 0) is 0 Å². The SMILES string of the molecule is CC(C)(C)C1=CC2C3C(=C1)C(C(F)(F)F)(C(F)(F)F)O[PH2]3OC2(C(F)(F)F)C(F)(F)F. The second kappa shape index (κ2) is 6.31. The Morgan fingerprint density at radius 1 is 0.742 bits per heavy atom. The van der Waals surface area contributed by atoms with E-state index in [1.54, 1.807) is 0 Å². The number of hydrogen-bond donors (Lipinski definition) is 0. The first-order chi connectivity index (χ1) is 13.5. The molecule has 2 aliphatic heterocycles. The number of hydrogen-bond acceptors (Lipinski definition) is 2. The van der Waals surface area contributed by atoms with E-state index in [4.69, 9.17) is 0 Å². The molecule has 0 amide bonds. The standard InChI is InChI=1S/C16H15F12O2P/c1-10(2,3)6-4-7-9-8(5-6)12(15(23,24)25,16(26,27)28)30-31(9)29-11(7,13(17,18)19)14(20,21)22/h4-5,7,9H,31H2,1-3H3. The van der Waals surface area contributed by atoms with Crippen molar-refractivity contribution in [3.63, 3.8) is 0 Å². The predicted octanol–water partition coefficient (Wildman–Crippen LogP) is 6.45. The third-order valence-corrected chi connectivity index (χ3v) is 8.24. The van der Waals surface area contributed by atoms with Crippen LogP contribution >= 0.6 is 8.38 Å². The molecule has 2 unspecified atom stereocenters. The fraction of sp³-hybridized carbons (Fsp3) is 0.750. The molecule has 2 saturated heterocycles. The van der Waals surface area contributed by atoms with Gasteiger partial charge in [0.15, 0.2) is 0 Å². The Kier molecular flexibility index (Phi) is 5.01. The minimum absolute atomic E-state index is 0.362. The molecule has 2 fully saturated rings. The van der Waals surface area contributed by atoms with E-state index >= 15 is 0 Å². The molecule has 2 atom stereocenters. The molecule has 0 aromatic heterocycles. The van der Waals surface area contributed by atoms with Crippen LogP contribution in [0.4, 0.5) is 52.7 Å². The molecule has 0 saturated carbocycles. The second-order valence-electron chi connectivity index (χ2n) is 8.54. The van der Waals surface area contributed by atoms with Gasteiger partial charge >= 0.3 is 167 Å². The van der Waals surface area contributed by atoms with Crippen LogP contribution in [0.15, 0.2) is 23.3 Å². The van der Waals surface area contributed by atoms with Crippen LogP contribution in [-0.2, 0) is 9.05 Å². The number of rotatable bonds is 0. The van der Waals surface area contributed by atoms with Gasteiger partial charge in [0.05, 0.1) is 0 Å². The Morgan fingerprint density at radius 2 is 1.19 bits per heavy atom. The summed E-state index contributed by atoms with van der Waals surface area (Å²) in [5.41, 5.74) is -16.2. The maximum absolute atomic E-state index is 13.7. The molecular weight excluding hydrogens is 483 g/mol. The molecule has 2 nitrogen and oxygen atoms in total. The van der Waals surface area contributed by atoms with Crippen LogP contribution in [-0.4, -0.2) is 41.6 Å². The van der Waals surface area contributed by atoms with Crippen molar-refractivity contribution in [1.82, 2.24) is 0 Å². The van der Waals surface area contributed by atoms with E-state index in [2.05, 4.69) is 9.05 Å². The van der Waals surface area contributed by atoms with Crippen LogP contribution in [0.1, 0.15) is 20.8 Å². The normalized spacial score (nSPS) is 29.6. The van der Waals surface area contributed by atoms with E-state index in [-0.39, 0.29) is 0 Å². The van der Waals surface area contributed by atoms with Crippen molar-refractivity contribution in [2.75, 3.05) is 0 Å². The van der Waals surface area contributed by atoms with Gasteiger partial charge in [0.25, 0.3) is 0 Å². The van der Waals surface area contributed by atoms with Crippen molar-refractivity contribution >= 4 is 8.38 Å². The predicted molar refractivity (Wildman–Crippen MR) is 84.5 cm³/mol. The van der Waals surface area contributed by atoms with Crippen LogP contribution < -0.4 is 0 Å². The summed E-state index contributed by atoms with van der Waals surface area (Å²) in [4.78, 5) is 0. The summed E-state index contributed by atoms with van der Waals surface area (Å²) in [6.45, 7) is 3.67. The molecule has 0 aromatic carbocycles. The third kappa shape index (κ3) is 3.07. The molecular formula is C16H15F12O2P. The summed E-state index contributed by atoms with van der Waals surface area (Å²) in [6, 6.07) is 0. The van der Waals surface area contributed by atoms with E-state index in [9.17, 15) is 52.7 Å². The zero-order chi connectivity index (χ0) is 24.2. The molecule has 0 bridgehead atoms. The molecule has 3 rings (SSSR count). The van der Waals surface area contributed by atoms with Crippen molar-refractivity contribution in [2.45, 2.75) is 62.3 Å². The first-order valence-corrected chi connectivity index (χ1v) is 10.2. The minimum atomic E-state index is -6.21. The quantitative estimate of drug-likeness (QED) is 0.283. The van der Waals surface area contributed by atoms with Gasteiger partial charge in [-0.15, -0.1) is 0 Å². The van der Waals surface area contributed by atoms with Gasteiger partial charge in [-0.2, -0.15) is 0 Å². The van der Waals surface area contributed by atoms with Crippen molar-refractivity contribution < 1.29 is 61.7 Å². The average molecular weight is 498 g/mol. The molecule has 3 aliphatic rings. The van der Waals surface area contributed by atoms with Gasteiger partial charge < -0.3 is 0 Å². The molecule has 0 aromatic rings. The summed E-state index contributed by atoms with van der Waals surface area (Å²) < 4.78 is 173. The molecule has 0 radical (unpaired) electrons. The van der Waals surface area contributed by atoms with Gasteiger partial charge in [-0.25, -0.2) is 0 Å². The molecule has 15 heteroatoms. The fourth-order valence-corrected chi connectivity index (χ4v) is 7.49. The third-order valence-electron chi connectivity index (χ3n) is 5.69. The van der Waals surface area contributed by atoms with Gasteiger partial charge in [0.2, 0.25) is 0 Å². The van der Waals surface area contributed by atoms with Gasteiger partial charge in [-0.3, -0.25) is 0 Å². The number of alkyl halides is 12. The van der Waals surface area contributed by atoms with Crippen molar-refractivity contribution in [2.24, 2.45) is 11.3 Å². The monoisotopic (exact) mass is 498 g/mol. The van der Waals surface area contributed by atoms with E-state index < -0.39 is 72.4 Å². The Labute approximate surface area is 168 Å². The summed E-state index contributed by atoms with van der Waals surface area (Å²) >= 11 is 0. The molecule has 31 heavy (non-hydrogen) atoms. The Hall–Kier alpha value is -1.01. The molecule has 180 valence electrons. The van der Waals surface area contributed by atoms with Gasteiger partial charge in [-0.1, -0.05) is 0 Å². The summed E-state index contributed by atoms with van der Waals surface area (Å²) in [6.07, 6.45) is -24.0. The van der Waals surface area contributed by atoms with E-state index in [0.717, 1.165) is 0 Å². The first-order valence-electron chi connectivity index (χ1n) is 8.59. The van der Waals surface area contributed by atoms with Crippen molar-refractivity contribution in [1.29, 1.82) is 0 Å². The van der Waals surface area contributed by atoms with Crippen LogP contribution in [0.3, 0.4) is 0 Å². The van der Waals surface area contributed by atoms with E-state index in [0.29, 0.717) is 12.2 Å². The average Bonchev–Trinajstić information content (AvgIpc) is 3.01. The fourth-order valence-electron chi connectivity index (χ4n) is 4.26. The molecule has 0 N–H and O–H groups in total. The Balaban J connectivity index is 2.37. The molecule has 0 spiro atoms. The number of allylic oxidation sites excluding steroid dienone is 2. The number of halogens is 12. The Morgan fingerprint density at radius 3 is 1.55 bits per heavy atom. The zero-order valence-electron chi connectivity index (χ0n) is 15.7. The first kappa shape index (κ1) is 24.6. The summed E-state index contributed by atoms with van der Waals surface area (Å²) in [5.74, 6) is -2.90. The van der Waals surface area contributed by atoms with Crippen LogP contribution in [0.5, 0.6) is 0 Å². The maximum atomic E-state index is 13.7. The van der Waals surface area contributed by atoms with Gasteiger partial charge in [0.1, 0.15) is 0 Å². The summed E-state index contributed by atoms with van der Waals surface area (Å²) in [5, 5.41) is 0. The second-order valence-corrected chi connectivity index (χ2v) is 10.5. The van der Waals surface area contributed by atoms with Crippen LogP contribution in [0.25, 0.3) is 0 Å². The van der Waals surface area contributed by atoms with E-state index in [1.807, 2.05) is 0 Å². The van der Waals surface area contributed by atoms with Crippen molar-refractivity contribution in [3.8, 4) is 0 Å². The zero-order valence-corrected chi connectivity index (χ0v) is 16.9. The van der Waals surface area contributed by atoms with Crippen LogP contribution in [0.2, 0.25) is 0 Å². The molecule has 2 heterocycles. The van der Waals surface area contributed by atoms with Crippen LogP contribution in [0, 0.1) is 11.3 Å². The van der Waals surface area contributed by atoms with E-state index in [1.165, 1.54) is 20.8 Å². The Bertz CT molecular complexity index is 796. The van der Waals surface area contributed by atoms with Gasteiger partial charge in [0, 0.05) is 0 Å². The topological polar surface area (TPSA) is 18.5 Å². The molecule has 1 aliphatic carbocycles. The van der Waals surface area contributed by atoms with Crippen molar-refractivity contribution in [3.05, 3.63) is 23.3 Å². The summed E-state index contributed by atoms with van der Waals surface area (Å²) in [7, 11) is -4.85.